The average molecular weight is 386 g/mol. The van der Waals surface area contributed by atoms with Crippen molar-refractivity contribution in [1.82, 2.24) is 10.6 Å². The van der Waals surface area contributed by atoms with Crippen LogP contribution in [0.25, 0.3) is 0 Å². The normalized spacial score (nSPS) is 20.6. The summed E-state index contributed by atoms with van der Waals surface area (Å²) in [6.07, 6.45) is 1.94. The maximum Gasteiger partial charge on any atom is 0.197 e. The number of hydrogen-bond acceptors (Lipinski definition) is 5. The fourth-order valence-corrected chi connectivity index (χ4v) is 4.09. The van der Waals surface area contributed by atoms with Gasteiger partial charge in [-0.3, -0.25) is 0 Å². The average Bonchev–Trinajstić information content (AvgIpc) is 2.75. The lowest BCUT2D eigenvalue weighted by atomic mass is 9.85. The molecule has 5 nitrogen and oxygen atoms in total. The monoisotopic (exact) mass is 386 g/mol. The van der Waals surface area contributed by atoms with E-state index in [1.54, 1.807) is 19.2 Å². The van der Waals surface area contributed by atoms with E-state index in [2.05, 4.69) is 16.7 Å². The molecular weight excluding hydrogens is 359 g/mol. The van der Waals surface area contributed by atoms with Gasteiger partial charge in [0.05, 0.1) is 7.11 Å². The van der Waals surface area contributed by atoms with Crippen LogP contribution in [0.3, 0.4) is 0 Å². The summed E-state index contributed by atoms with van der Waals surface area (Å²) in [4.78, 5) is 0. The molecule has 2 unspecified atom stereocenters. The first-order valence-corrected chi connectivity index (χ1v) is 9.91. The highest BCUT2D eigenvalue weighted by Gasteiger charge is 2.29. The summed E-state index contributed by atoms with van der Waals surface area (Å²) in [7, 11) is 1.70. The van der Waals surface area contributed by atoms with Crippen LogP contribution in [0.15, 0.2) is 42.5 Å². The van der Waals surface area contributed by atoms with Gasteiger partial charge in [-0.05, 0) is 50.0 Å². The minimum absolute atomic E-state index is 0.142. The quantitative estimate of drug-likeness (QED) is 0.798. The number of hydrogen-bond donors (Lipinski definition) is 2. The number of halogens is 1. The van der Waals surface area contributed by atoms with Crippen molar-refractivity contribution in [2.45, 2.75) is 25.0 Å². The third kappa shape index (κ3) is 4.08. The zero-order valence-corrected chi connectivity index (χ0v) is 16.1. The van der Waals surface area contributed by atoms with Crippen LogP contribution in [0.1, 0.15) is 24.4 Å². The predicted octanol–water partition coefficient (Wildman–Crippen LogP) is 3.30. The Labute approximate surface area is 165 Å². The third-order valence-corrected chi connectivity index (χ3v) is 5.53. The smallest absolute Gasteiger partial charge is 0.197 e. The highest BCUT2D eigenvalue weighted by molar-refractivity contribution is 5.42. The lowest BCUT2D eigenvalue weighted by molar-refractivity contribution is 0.0799. The Bertz CT molecular complexity index is 795. The standard InChI is InChI=1S/C22H27FN2O3/c1-26-19-7-3-2-5-17(19)21(15-9-11-24-12-10-15)25-13-16-14-27-20-8-4-6-18(23)22(20)28-16/h2-8,15-16,21,24-25H,9-14H2,1H3. The second-order valence-corrected chi connectivity index (χ2v) is 7.33. The van der Waals surface area contributed by atoms with Gasteiger partial charge in [0.2, 0.25) is 0 Å². The minimum atomic E-state index is -0.387. The number of fused-ring (bicyclic) bond motifs is 1. The van der Waals surface area contributed by atoms with E-state index in [0.717, 1.165) is 37.2 Å². The van der Waals surface area contributed by atoms with Crippen LogP contribution in [0.2, 0.25) is 0 Å². The molecule has 2 aliphatic heterocycles. The first-order valence-electron chi connectivity index (χ1n) is 9.91. The number of methoxy groups -OCH3 is 1. The van der Waals surface area contributed by atoms with Gasteiger partial charge < -0.3 is 24.8 Å². The van der Waals surface area contributed by atoms with Crippen molar-refractivity contribution in [1.29, 1.82) is 0 Å². The van der Waals surface area contributed by atoms with E-state index in [0.29, 0.717) is 24.8 Å². The second kappa shape index (κ2) is 8.80. The number of rotatable bonds is 6. The fraction of sp³-hybridized carbons (Fsp3) is 0.455. The van der Waals surface area contributed by atoms with Gasteiger partial charge >= 0.3 is 0 Å². The number of benzene rings is 2. The molecule has 0 amide bonds. The first-order chi connectivity index (χ1) is 13.8. The summed E-state index contributed by atoms with van der Waals surface area (Å²) in [6, 6.07) is 13.0. The molecule has 0 saturated carbocycles. The fourth-order valence-electron chi connectivity index (χ4n) is 4.09. The summed E-state index contributed by atoms with van der Waals surface area (Å²) in [5.41, 5.74) is 1.15. The van der Waals surface area contributed by atoms with Crippen LogP contribution in [0.4, 0.5) is 4.39 Å². The molecule has 2 aromatic carbocycles. The van der Waals surface area contributed by atoms with Gasteiger partial charge in [0.15, 0.2) is 17.3 Å². The van der Waals surface area contributed by atoms with Gasteiger partial charge in [-0.2, -0.15) is 0 Å². The molecule has 2 aliphatic rings. The molecule has 0 radical (unpaired) electrons. The van der Waals surface area contributed by atoms with Gasteiger partial charge in [0.1, 0.15) is 18.5 Å². The maximum atomic E-state index is 14.0. The summed E-state index contributed by atoms with van der Waals surface area (Å²) < 4.78 is 31.3. The Kier molecular flexibility index (Phi) is 5.98. The molecule has 0 aromatic heterocycles. The van der Waals surface area contributed by atoms with Crippen LogP contribution < -0.4 is 24.8 Å². The Morgan fingerprint density at radius 3 is 2.82 bits per heavy atom. The van der Waals surface area contributed by atoms with Crippen LogP contribution >= 0.6 is 0 Å². The van der Waals surface area contributed by atoms with Gasteiger partial charge in [-0.1, -0.05) is 24.3 Å². The molecular formula is C22H27FN2O3. The molecule has 150 valence electrons. The second-order valence-electron chi connectivity index (χ2n) is 7.33. The minimum Gasteiger partial charge on any atom is -0.496 e. The van der Waals surface area contributed by atoms with Crippen LogP contribution in [0.5, 0.6) is 17.2 Å². The van der Waals surface area contributed by atoms with Gasteiger partial charge in [0, 0.05) is 18.2 Å². The van der Waals surface area contributed by atoms with E-state index >= 15 is 0 Å². The Hall–Kier alpha value is -2.31. The van der Waals surface area contributed by atoms with E-state index in [9.17, 15) is 4.39 Å². The molecule has 1 saturated heterocycles. The molecule has 0 bridgehead atoms. The summed E-state index contributed by atoms with van der Waals surface area (Å²) in [5, 5.41) is 7.09. The Balaban J connectivity index is 1.49. The van der Waals surface area contributed by atoms with E-state index < -0.39 is 0 Å². The topological polar surface area (TPSA) is 51.8 Å². The summed E-state index contributed by atoms with van der Waals surface area (Å²) in [5.74, 6) is 1.66. The summed E-state index contributed by atoms with van der Waals surface area (Å²) in [6.45, 7) is 2.99. The molecule has 6 heteroatoms. The maximum absolute atomic E-state index is 14.0. The highest BCUT2D eigenvalue weighted by Crippen LogP contribution is 2.36. The van der Waals surface area contributed by atoms with Crippen LogP contribution in [0, 0.1) is 11.7 Å². The van der Waals surface area contributed by atoms with E-state index in [-0.39, 0.29) is 23.7 Å². The van der Waals surface area contributed by atoms with Crippen molar-refractivity contribution in [2.24, 2.45) is 5.92 Å². The third-order valence-electron chi connectivity index (χ3n) is 5.53. The van der Waals surface area contributed by atoms with Crippen molar-refractivity contribution in [3.63, 3.8) is 0 Å². The Morgan fingerprint density at radius 2 is 2.00 bits per heavy atom. The number of ether oxygens (including phenoxy) is 3. The number of para-hydroxylation sites is 2. The van der Waals surface area contributed by atoms with Crippen LogP contribution in [-0.2, 0) is 0 Å². The number of nitrogens with one attached hydrogen (secondary N) is 2. The zero-order chi connectivity index (χ0) is 19.3. The van der Waals surface area contributed by atoms with E-state index in [4.69, 9.17) is 14.2 Å². The molecule has 2 atom stereocenters. The van der Waals surface area contributed by atoms with Gasteiger partial charge in [-0.15, -0.1) is 0 Å². The lowest BCUT2D eigenvalue weighted by Gasteiger charge is -2.34. The SMILES string of the molecule is COc1ccccc1C(NCC1COc2cccc(F)c2O1)C1CCNCC1. The number of piperidine rings is 1. The van der Waals surface area contributed by atoms with Gasteiger partial charge in [-0.25, -0.2) is 4.39 Å². The molecule has 2 heterocycles. The first kappa shape index (κ1) is 19.0. The van der Waals surface area contributed by atoms with E-state index in [1.807, 2.05) is 18.2 Å². The van der Waals surface area contributed by atoms with Crippen molar-refractivity contribution in [3.05, 3.63) is 53.8 Å². The molecule has 2 N–H and O–H groups in total. The van der Waals surface area contributed by atoms with E-state index in [1.165, 1.54) is 6.07 Å². The molecule has 4 rings (SSSR count). The van der Waals surface area contributed by atoms with Crippen molar-refractivity contribution >= 4 is 0 Å². The van der Waals surface area contributed by atoms with Crippen LogP contribution in [-0.4, -0.2) is 39.5 Å². The zero-order valence-electron chi connectivity index (χ0n) is 16.1. The van der Waals surface area contributed by atoms with Crippen molar-refractivity contribution < 1.29 is 18.6 Å². The van der Waals surface area contributed by atoms with Gasteiger partial charge in [0.25, 0.3) is 0 Å². The summed E-state index contributed by atoms with van der Waals surface area (Å²) >= 11 is 0. The Morgan fingerprint density at radius 1 is 1.18 bits per heavy atom. The molecule has 0 aliphatic carbocycles. The molecule has 2 aromatic rings. The molecule has 0 spiro atoms. The molecule has 1 fully saturated rings. The van der Waals surface area contributed by atoms with Crippen molar-refractivity contribution in [2.75, 3.05) is 33.4 Å². The highest BCUT2D eigenvalue weighted by atomic mass is 19.1. The van der Waals surface area contributed by atoms with Crippen molar-refractivity contribution in [3.8, 4) is 17.2 Å². The predicted molar refractivity (Wildman–Crippen MR) is 106 cm³/mol. The lowest BCUT2D eigenvalue weighted by Crippen LogP contribution is -2.43. The molecule has 28 heavy (non-hydrogen) atoms. The largest absolute Gasteiger partial charge is 0.496 e.